The van der Waals surface area contributed by atoms with Crippen molar-refractivity contribution in [3.63, 3.8) is 0 Å². The van der Waals surface area contributed by atoms with Crippen molar-refractivity contribution < 1.29 is 9.26 Å². The summed E-state index contributed by atoms with van der Waals surface area (Å²) in [5, 5.41) is 7.32. The molecule has 1 unspecified atom stereocenters. The van der Waals surface area contributed by atoms with E-state index < -0.39 is 0 Å². The summed E-state index contributed by atoms with van der Waals surface area (Å²) in [4.78, 5) is 4.39. The van der Waals surface area contributed by atoms with E-state index in [0.29, 0.717) is 30.8 Å². The number of aromatic nitrogens is 2. The highest BCUT2D eigenvalue weighted by atomic mass is 16.5. The highest BCUT2D eigenvalue weighted by molar-refractivity contribution is 4.93. The van der Waals surface area contributed by atoms with Crippen molar-refractivity contribution in [2.75, 3.05) is 6.61 Å². The van der Waals surface area contributed by atoms with E-state index in [1.807, 2.05) is 6.92 Å². The lowest BCUT2D eigenvalue weighted by atomic mass is 10.1. The Balaban J connectivity index is 2.66. The Hall–Kier alpha value is -0.940. The van der Waals surface area contributed by atoms with Crippen LogP contribution in [0.15, 0.2) is 4.52 Å². The second kappa shape index (κ2) is 6.29. The molecule has 5 nitrogen and oxygen atoms in total. The molecule has 1 aromatic heterocycles. The van der Waals surface area contributed by atoms with Gasteiger partial charge in [0.15, 0.2) is 0 Å². The lowest BCUT2D eigenvalue weighted by Gasteiger charge is -2.18. The van der Waals surface area contributed by atoms with Gasteiger partial charge in [0.05, 0.1) is 6.54 Å². The zero-order chi connectivity index (χ0) is 13.8. The number of rotatable bonds is 6. The van der Waals surface area contributed by atoms with Crippen molar-refractivity contribution in [3.05, 3.63) is 11.7 Å². The van der Waals surface area contributed by atoms with E-state index >= 15 is 0 Å². The van der Waals surface area contributed by atoms with Gasteiger partial charge in [0.25, 0.3) is 0 Å². The van der Waals surface area contributed by atoms with E-state index in [4.69, 9.17) is 9.26 Å². The fourth-order valence-electron chi connectivity index (χ4n) is 1.54. The number of hydrogen-bond donors (Lipinski definition) is 1. The van der Waals surface area contributed by atoms with Crippen molar-refractivity contribution in [2.45, 2.75) is 59.7 Å². The molecule has 1 N–H and O–H groups in total. The van der Waals surface area contributed by atoms with Gasteiger partial charge in [-0.3, -0.25) is 0 Å². The monoisotopic (exact) mass is 255 g/mol. The molecule has 0 fully saturated rings. The number of nitrogens with zero attached hydrogens (tertiary/aromatic N) is 2. The van der Waals surface area contributed by atoms with Crippen molar-refractivity contribution in [1.82, 2.24) is 15.5 Å². The fraction of sp³-hybridized carbons (Fsp3) is 0.846. The second-order valence-corrected chi connectivity index (χ2v) is 5.77. The van der Waals surface area contributed by atoms with Gasteiger partial charge in [0.1, 0.15) is 6.10 Å². The van der Waals surface area contributed by atoms with Gasteiger partial charge < -0.3 is 14.6 Å². The minimum absolute atomic E-state index is 0.0337. The van der Waals surface area contributed by atoms with Gasteiger partial charge in [-0.1, -0.05) is 19.0 Å². The highest BCUT2D eigenvalue weighted by Gasteiger charge is 2.22. The third-order valence-corrected chi connectivity index (χ3v) is 2.46. The van der Waals surface area contributed by atoms with Crippen molar-refractivity contribution in [1.29, 1.82) is 0 Å². The van der Waals surface area contributed by atoms with Crippen molar-refractivity contribution in [2.24, 2.45) is 5.92 Å². The molecule has 0 saturated heterocycles. The fourth-order valence-corrected chi connectivity index (χ4v) is 1.54. The number of nitrogens with one attached hydrogen (secondary N) is 1. The van der Waals surface area contributed by atoms with Gasteiger partial charge in [-0.25, -0.2) is 0 Å². The Morgan fingerprint density at radius 2 is 2.00 bits per heavy atom. The van der Waals surface area contributed by atoms with Crippen LogP contribution in [-0.4, -0.2) is 22.3 Å². The first-order valence-corrected chi connectivity index (χ1v) is 6.52. The van der Waals surface area contributed by atoms with Crippen LogP contribution in [0.2, 0.25) is 0 Å². The van der Waals surface area contributed by atoms with Crippen LogP contribution in [0.4, 0.5) is 0 Å². The zero-order valence-electron chi connectivity index (χ0n) is 12.3. The average molecular weight is 255 g/mol. The van der Waals surface area contributed by atoms with Gasteiger partial charge in [-0.2, -0.15) is 4.98 Å². The smallest absolute Gasteiger partial charge is 0.240 e. The molecule has 0 saturated carbocycles. The largest absolute Gasteiger partial charge is 0.370 e. The van der Waals surface area contributed by atoms with Crippen LogP contribution in [0.5, 0.6) is 0 Å². The summed E-state index contributed by atoms with van der Waals surface area (Å²) in [5.74, 6) is 1.56. The molecule has 18 heavy (non-hydrogen) atoms. The molecule has 0 spiro atoms. The number of hydrogen-bond acceptors (Lipinski definition) is 5. The van der Waals surface area contributed by atoms with Gasteiger partial charge in [-0.15, -0.1) is 0 Å². The molecule has 0 amide bonds. The third kappa shape index (κ3) is 4.74. The molecule has 0 aliphatic rings. The standard InChI is InChI=1S/C13H25N3O2/c1-7-17-11(9(2)3)12-15-10(18-16-12)8-14-13(4,5)6/h9,11,14H,7-8H2,1-6H3. The Morgan fingerprint density at radius 3 is 2.50 bits per heavy atom. The topological polar surface area (TPSA) is 60.2 Å². The molecule has 1 rings (SSSR count). The molecule has 0 bridgehead atoms. The van der Waals surface area contributed by atoms with E-state index in [2.05, 4.69) is 50.1 Å². The normalized spacial score (nSPS) is 14.2. The Morgan fingerprint density at radius 1 is 1.33 bits per heavy atom. The first kappa shape index (κ1) is 15.1. The maximum Gasteiger partial charge on any atom is 0.240 e. The summed E-state index contributed by atoms with van der Waals surface area (Å²) in [6, 6.07) is 0. The Labute approximate surface area is 109 Å². The minimum Gasteiger partial charge on any atom is -0.370 e. The van der Waals surface area contributed by atoms with E-state index in [1.165, 1.54) is 0 Å². The molecule has 0 aromatic carbocycles. The second-order valence-electron chi connectivity index (χ2n) is 5.77. The minimum atomic E-state index is -0.0952. The first-order chi connectivity index (χ1) is 8.33. The van der Waals surface area contributed by atoms with Crippen LogP contribution < -0.4 is 5.32 Å². The Bertz CT molecular complexity index is 355. The van der Waals surface area contributed by atoms with Gasteiger partial charge >= 0.3 is 0 Å². The first-order valence-electron chi connectivity index (χ1n) is 6.52. The quantitative estimate of drug-likeness (QED) is 0.847. The van der Waals surface area contributed by atoms with Crippen molar-refractivity contribution >= 4 is 0 Å². The SMILES string of the molecule is CCOC(c1noc(CNC(C)(C)C)n1)C(C)C. The lowest BCUT2D eigenvalue weighted by molar-refractivity contribution is 0.0217. The lowest BCUT2D eigenvalue weighted by Crippen LogP contribution is -2.35. The summed E-state index contributed by atoms with van der Waals surface area (Å²) in [6.07, 6.45) is -0.0952. The van der Waals surface area contributed by atoms with Crippen LogP contribution in [-0.2, 0) is 11.3 Å². The number of ether oxygens (including phenoxy) is 1. The van der Waals surface area contributed by atoms with E-state index in [9.17, 15) is 0 Å². The molecule has 5 heteroatoms. The molecule has 0 aliphatic carbocycles. The van der Waals surface area contributed by atoms with Crippen molar-refractivity contribution in [3.8, 4) is 0 Å². The Kier molecular flexibility index (Phi) is 5.28. The van der Waals surface area contributed by atoms with Crippen LogP contribution >= 0.6 is 0 Å². The third-order valence-electron chi connectivity index (χ3n) is 2.46. The summed E-state index contributed by atoms with van der Waals surface area (Å²) in [5.41, 5.74) is 0.0337. The van der Waals surface area contributed by atoms with Crippen LogP contribution in [0.25, 0.3) is 0 Å². The summed E-state index contributed by atoms with van der Waals surface area (Å²) < 4.78 is 10.9. The van der Waals surface area contributed by atoms with Gasteiger partial charge in [0.2, 0.25) is 11.7 Å². The molecular weight excluding hydrogens is 230 g/mol. The molecule has 1 aromatic rings. The molecular formula is C13H25N3O2. The molecule has 0 radical (unpaired) electrons. The zero-order valence-corrected chi connectivity index (χ0v) is 12.3. The summed E-state index contributed by atoms with van der Waals surface area (Å²) in [6.45, 7) is 13.7. The molecule has 104 valence electrons. The predicted molar refractivity (Wildman–Crippen MR) is 70.1 cm³/mol. The molecule has 1 heterocycles. The molecule has 1 atom stereocenters. The molecule has 0 aliphatic heterocycles. The van der Waals surface area contributed by atoms with Gasteiger partial charge in [-0.05, 0) is 33.6 Å². The summed E-state index contributed by atoms with van der Waals surface area (Å²) in [7, 11) is 0. The van der Waals surface area contributed by atoms with Crippen LogP contribution in [0, 0.1) is 5.92 Å². The highest BCUT2D eigenvalue weighted by Crippen LogP contribution is 2.23. The van der Waals surface area contributed by atoms with E-state index in [0.717, 1.165) is 0 Å². The van der Waals surface area contributed by atoms with Crippen LogP contribution in [0.1, 0.15) is 59.4 Å². The van der Waals surface area contributed by atoms with E-state index in [-0.39, 0.29) is 11.6 Å². The average Bonchev–Trinajstić information content (AvgIpc) is 2.70. The maximum atomic E-state index is 5.64. The van der Waals surface area contributed by atoms with Gasteiger partial charge in [0, 0.05) is 12.1 Å². The predicted octanol–water partition coefficient (Wildman–Crippen LogP) is 2.69. The maximum absolute atomic E-state index is 5.64. The summed E-state index contributed by atoms with van der Waals surface area (Å²) >= 11 is 0. The van der Waals surface area contributed by atoms with Crippen LogP contribution in [0.3, 0.4) is 0 Å². The van der Waals surface area contributed by atoms with E-state index in [1.54, 1.807) is 0 Å².